The van der Waals surface area contributed by atoms with Crippen LogP contribution in [0.1, 0.15) is 121 Å². The second-order valence-electron chi connectivity index (χ2n) is 24.1. The van der Waals surface area contributed by atoms with Crippen molar-refractivity contribution in [3.05, 3.63) is 71.8 Å². The van der Waals surface area contributed by atoms with Gasteiger partial charge < -0.3 is 92.5 Å². The van der Waals surface area contributed by atoms with Gasteiger partial charge in [-0.2, -0.15) is 11.8 Å². The number of benzene rings is 2. The summed E-state index contributed by atoms with van der Waals surface area (Å²) in [4.78, 5) is 185. The number of amides is 13. The molecule has 2 aromatic rings. The molecule has 13 amide bonds. The Hall–Kier alpha value is -8.91. The molecular weight excluding hydrogens is 1250 g/mol. The molecular formula is C63H98N18O13S. The van der Waals surface area contributed by atoms with Gasteiger partial charge in [0.1, 0.15) is 54.4 Å². The minimum Gasteiger partial charge on any atom is -0.370 e. The lowest BCUT2D eigenvalue weighted by atomic mass is 10.0. The molecule has 0 unspecified atom stereocenters. The van der Waals surface area contributed by atoms with E-state index < -0.39 is 169 Å². The van der Waals surface area contributed by atoms with Gasteiger partial charge in [-0.15, -0.1) is 0 Å². The third-order valence-electron chi connectivity index (χ3n) is 16.0. The van der Waals surface area contributed by atoms with Crippen molar-refractivity contribution in [1.82, 2.24) is 52.3 Å². The quantitative estimate of drug-likeness (QED) is 0.0173. The number of aliphatic imine (C=N–C) groups is 1. The van der Waals surface area contributed by atoms with E-state index in [1.54, 1.807) is 60.7 Å². The molecule has 2 heterocycles. The minimum atomic E-state index is -1.64. The molecule has 0 radical (unpaired) electrons. The number of rotatable bonds is 42. The summed E-state index contributed by atoms with van der Waals surface area (Å²) in [5.74, 6) is -9.80. The van der Waals surface area contributed by atoms with E-state index in [1.807, 2.05) is 20.1 Å². The molecule has 0 saturated carbocycles. The first-order valence-electron chi connectivity index (χ1n) is 32.2. The van der Waals surface area contributed by atoms with Gasteiger partial charge in [0.15, 0.2) is 5.96 Å². The fourth-order valence-electron chi connectivity index (χ4n) is 11.0. The van der Waals surface area contributed by atoms with E-state index in [9.17, 15) is 62.3 Å². The molecule has 2 aromatic carbocycles. The smallest absolute Gasteiger partial charge is 0.245 e. The molecule has 2 aliphatic rings. The number of guanidine groups is 1. The molecule has 32 heteroatoms. The first kappa shape index (κ1) is 78.5. The van der Waals surface area contributed by atoms with Gasteiger partial charge in [0.05, 0.1) is 12.6 Å². The van der Waals surface area contributed by atoms with Gasteiger partial charge in [-0.1, -0.05) is 74.5 Å². The molecule has 22 N–H and O–H groups in total. The molecule has 2 aliphatic heterocycles. The summed E-state index contributed by atoms with van der Waals surface area (Å²) in [6.07, 6.45) is 3.12. The normalized spacial score (nSPS) is 16.8. The average molecular weight is 1350 g/mol. The average Bonchev–Trinajstić information content (AvgIpc) is 1.74. The third kappa shape index (κ3) is 27.5. The monoisotopic (exact) mass is 1350 g/mol. The van der Waals surface area contributed by atoms with Gasteiger partial charge in [-0.05, 0) is 119 Å². The topological polar surface area (TPSA) is 519 Å². The standard InChI is InChI=1S/C63H98N18O13S/c1-37(2)33-45(57(89)74-41(53(68)85)27-32-95-3)73-52(84)36-72-54(86)46(34-38-15-6-4-7-16-38)78-58(90)47(35-39-17-8-5-9-18-39)79-56(88)42(23-25-50(66)82)75-55(87)43(24-26-51(67)83)76-59(91)49-22-14-31-81(49)62(94)44(20-10-11-28-64)77-60(92)48-21-13-30-80(48)61(93)40(65)19-12-29-71-63(69)70/h4-9,15-18,37,40-49H,10-14,19-36,64-65H2,1-3H3,(H2,66,82)(H2,67,83)(H2,68,85)(H,72,86)(H,73,84)(H,74,89)(H,75,87)(H,76,91)(H,77,92)(H,78,90)(H,79,88)(H4,69,70,71)/t40-,41+,42-,43-,44-,45-,46-,47-,48-,49+/m1/s1. The van der Waals surface area contributed by atoms with Gasteiger partial charge in [0.2, 0.25) is 76.8 Å². The summed E-state index contributed by atoms with van der Waals surface area (Å²) in [5, 5.41) is 21.1. The van der Waals surface area contributed by atoms with Crippen LogP contribution in [0.5, 0.6) is 0 Å². The van der Waals surface area contributed by atoms with E-state index in [1.165, 1.54) is 21.6 Å². The molecule has 2 saturated heterocycles. The minimum absolute atomic E-state index is 0.0736. The van der Waals surface area contributed by atoms with Crippen LogP contribution in [-0.2, 0) is 75.2 Å². The summed E-state index contributed by atoms with van der Waals surface area (Å²) in [7, 11) is 0. The Morgan fingerprint density at radius 3 is 1.51 bits per heavy atom. The number of likely N-dealkylation sites (tertiary alicyclic amines) is 2. The zero-order valence-corrected chi connectivity index (χ0v) is 55.3. The zero-order chi connectivity index (χ0) is 70.1. The van der Waals surface area contributed by atoms with Crippen molar-refractivity contribution in [2.24, 2.45) is 51.0 Å². The van der Waals surface area contributed by atoms with Crippen LogP contribution in [0.3, 0.4) is 0 Å². The Labute approximate surface area is 558 Å². The summed E-state index contributed by atoms with van der Waals surface area (Å²) in [5.41, 5.74) is 40.6. The van der Waals surface area contributed by atoms with Crippen LogP contribution in [0.25, 0.3) is 0 Å². The molecule has 4 rings (SSSR count). The van der Waals surface area contributed by atoms with Gasteiger partial charge in [0.25, 0.3) is 0 Å². The van der Waals surface area contributed by atoms with Crippen molar-refractivity contribution in [2.45, 2.75) is 183 Å². The largest absolute Gasteiger partial charge is 0.370 e. The second-order valence-corrected chi connectivity index (χ2v) is 25.1. The van der Waals surface area contributed by atoms with Crippen LogP contribution in [0.4, 0.5) is 0 Å². The van der Waals surface area contributed by atoms with Crippen molar-refractivity contribution in [2.75, 3.05) is 44.7 Å². The van der Waals surface area contributed by atoms with Crippen molar-refractivity contribution in [3.63, 3.8) is 0 Å². The number of hydrogen-bond acceptors (Lipinski definition) is 17. The summed E-state index contributed by atoms with van der Waals surface area (Å²) >= 11 is 1.45. The van der Waals surface area contributed by atoms with Gasteiger partial charge in [0, 0.05) is 45.3 Å². The van der Waals surface area contributed by atoms with E-state index in [0.29, 0.717) is 55.4 Å². The molecule has 31 nitrogen and oxygen atoms in total. The van der Waals surface area contributed by atoms with E-state index in [-0.39, 0.29) is 83.0 Å². The number of carbonyl (C=O) groups excluding carboxylic acids is 13. The first-order chi connectivity index (χ1) is 45.2. The highest BCUT2D eigenvalue weighted by Gasteiger charge is 2.42. The van der Waals surface area contributed by atoms with Crippen molar-refractivity contribution >= 4 is 94.5 Å². The highest BCUT2D eigenvalue weighted by Crippen LogP contribution is 2.24. The second kappa shape index (κ2) is 41.0. The summed E-state index contributed by atoms with van der Waals surface area (Å²) in [6.45, 7) is 3.86. The molecule has 0 spiro atoms. The Morgan fingerprint density at radius 1 is 0.537 bits per heavy atom. The highest BCUT2D eigenvalue weighted by atomic mass is 32.2. The highest BCUT2D eigenvalue weighted by molar-refractivity contribution is 7.98. The number of primary amides is 3. The van der Waals surface area contributed by atoms with Crippen LogP contribution in [-0.4, -0.2) is 198 Å². The van der Waals surface area contributed by atoms with E-state index in [4.69, 9.17) is 40.1 Å². The van der Waals surface area contributed by atoms with Crippen molar-refractivity contribution in [1.29, 1.82) is 0 Å². The Bertz CT molecular complexity index is 2960. The number of hydrogen-bond donors (Lipinski definition) is 15. The van der Waals surface area contributed by atoms with Crippen LogP contribution >= 0.6 is 11.8 Å². The molecule has 95 heavy (non-hydrogen) atoms. The predicted molar refractivity (Wildman–Crippen MR) is 356 cm³/mol. The molecule has 524 valence electrons. The Balaban J connectivity index is 1.56. The van der Waals surface area contributed by atoms with E-state index in [0.717, 1.165) is 0 Å². The molecule has 0 bridgehead atoms. The fourth-order valence-corrected chi connectivity index (χ4v) is 11.5. The number of nitrogens with one attached hydrogen (secondary N) is 8. The van der Waals surface area contributed by atoms with Gasteiger partial charge in [-0.25, -0.2) is 0 Å². The lowest BCUT2D eigenvalue weighted by Crippen LogP contribution is -2.60. The maximum absolute atomic E-state index is 14.7. The van der Waals surface area contributed by atoms with Gasteiger partial charge in [-0.3, -0.25) is 67.3 Å². The van der Waals surface area contributed by atoms with Crippen molar-refractivity contribution in [3.8, 4) is 0 Å². The Morgan fingerprint density at radius 2 is 1.01 bits per heavy atom. The Kier molecular flexibility index (Phi) is 33.9. The van der Waals surface area contributed by atoms with Crippen LogP contribution in [0.15, 0.2) is 65.7 Å². The number of nitrogens with zero attached hydrogens (tertiary/aromatic N) is 3. The van der Waals surface area contributed by atoms with Crippen LogP contribution < -0.4 is 82.7 Å². The number of carbonyl (C=O) groups is 13. The summed E-state index contributed by atoms with van der Waals surface area (Å²) < 4.78 is 0. The zero-order valence-electron chi connectivity index (χ0n) is 54.5. The molecule has 0 aromatic heterocycles. The van der Waals surface area contributed by atoms with Crippen LogP contribution in [0.2, 0.25) is 0 Å². The maximum atomic E-state index is 14.7. The number of unbranched alkanes of at least 4 members (excludes halogenated alkanes) is 1. The fraction of sp³-hybridized carbons (Fsp3) is 0.587. The number of nitrogens with two attached hydrogens (primary N) is 7. The maximum Gasteiger partial charge on any atom is 0.245 e. The van der Waals surface area contributed by atoms with Crippen LogP contribution in [0, 0.1) is 5.92 Å². The summed E-state index contributed by atoms with van der Waals surface area (Å²) in [6, 6.07) is 4.51. The number of thioether (sulfide) groups is 1. The third-order valence-corrected chi connectivity index (χ3v) is 16.7. The molecule has 2 fully saturated rings. The van der Waals surface area contributed by atoms with E-state index in [2.05, 4.69) is 47.5 Å². The van der Waals surface area contributed by atoms with Gasteiger partial charge >= 0.3 is 0 Å². The molecule has 0 aliphatic carbocycles. The predicted octanol–water partition coefficient (Wildman–Crippen LogP) is -3.71. The SMILES string of the molecule is CSCC[C@H](NC(=O)[C@@H](CC(C)C)NC(=O)CNC(=O)[C@@H](Cc1ccccc1)NC(=O)[C@@H](Cc1ccccc1)NC(=O)[C@@H](CCC(N)=O)NC(=O)[C@@H](CCC(N)=O)NC(=O)[C@@H]1CCCN1C(=O)[C@@H](CCCCN)NC(=O)[C@H]1CCCN1C(=O)[C@H](N)CCCN=C(N)N)C(N)=O. The molecule has 10 atom stereocenters. The first-order valence-corrected chi connectivity index (χ1v) is 33.6. The van der Waals surface area contributed by atoms with Crippen molar-refractivity contribution < 1.29 is 62.3 Å². The lowest BCUT2D eigenvalue weighted by molar-refractivity contribution is -0.144. The lowest BCUT2D eigenvalue weighted by Gasteiger charge is -2.32. The van der Waals surface area contributed by atoms with E-state index >= 15 is 0 Å².